The first-order valence-electron chi connectivity index (χ1n) is 16.1. The van der Waals surface area contributed by atoms with Gasteiger partial charge in [-0.2, -0.15) is 0 Å². The van der Waals surface area contributed by atoms with E-state index in [-0.39, 0.29) is 5.41 Å². The van der Waals surface area contributed by atoms with Crippen molar-refractivity contribution in [3.63, 3.8) is 0 Å². The fraction of sp³-hybridized carbons (Fsp3) is 0.0667. The number of hydrogen-bond donors (Lipinski definition) is 0. The minimum Gasteiger partial charge on any atom is -0.0888 e. The summed E-state index contributed by atoms with van der Waals surface area (Å²) in [6.45, 7) is 4.71. The maximum absolute atomic E-state index is 2.45. The Morgan fingerprint density at radius 2 is 0.957 bits per heavy atom. The van der Waals surface area contributed by atoms with Gasteiger partial charge in [0.2, 0.25) is 0 Å². The van der Waals surface area contributed by atoms with Crippen LogP contribution < -0.4 is 0 Å². The van der Waals surface area contributed by atoms with Crippen LogP contribution in [0.1, 0.15) is 25.0 Å². The maximum atomic E-state index is 2.45. The third-order valence-electron chi connectivity index (χ3n) is 10.4. The van der Waals surface area contributed by atoms with E-state index in [0.29, 0.717) is 0 Å². The molecule has 1 heteroatoms. The molecule has 0 spiro atoms. The molecule has 0 saturated carbocycles. The van der Waals surface area contributed by atoms with Gasteiger partial charge in [0.05, 0.1) is 0 Å². The minimum atomic E-state index is -0.00593. The summed E-state index contributed by atoms with van der Waals surface area (Å²) in [5, 5.41) is 7.84. The summed E-state index contributed by atoms with van der Waals surface area (Å²) in [5.41, 5.74) is 13.3. The predicted octanol–water partition coefficient (Wildman–Crippen LogP) is 12.9. The third kappa shape index (κ3) is 3.52. The fourth-order valence-corrected chi connectivity index (χ4v) is 9.47. The van der Waals surface area contributed by atoms with Gasteiger partial charge in [-0.3, -0.25) is 0 Å². The number of benzene rings is 8. The van der Waals surface area contributed by atoms with Gasteiger partial charge in [0.15, 0.2) is 0 Å². The zero-order valence-corrected chi connectivity index (χ0v) is 26.6. The first kappa shape index (κ1) is 26.1. The van der Waals surface area contributed by atoms with Crippen LogP contribution in [-0.2, 0) is 5.41 Å². The van der Waals surface area contributed by atoms with Crippen molar-refractivity contribution < 1.29 is 0 Å². The maximum Gasteiger partial charge on any atom is 0.0207 e. The summed E-state index contributed by atoms with van der Waals surface area (Å²) < 4.78 is 0. The van der Waals surface area contributed by atoms with Crippen LogP contribution in [-0.4, -0.2) is 0 Å². The van der Waals surface area contributed by atoms with Gasteiger partial charge in [-0.25, -0.2) is 0 Å². The molecule has 10 rings (SSSR count). The van der Waals surface area contributed by atoms with E-state index in [1.54, 1.807) is 0 Å². The summed E-state index contributed by atoms with van der Waals surface area (Å²) in [6.07, 6.45) is 0. The average molecular weight is 603 g/mol. The summed E-state index contributed by atoms with van der Waals surface area (Å²) in [5.74, 6) is 0. The lowest BCUT2D eigenvalue weighted by atomic mass is 9.81. The third-order valence-corrected chi connectivity index (χ3v) is 11.6. The molecule has 0 nitrogen and oxygen atoms in total. The average Bonchev–Trinajstić information content (AvgIpc) is 3.33. The Bertz CT molecular complexity index is 2520. The van der Waals surface area contributed by atoms with Gasteiger partial charge >= 0.3 is 0 Å². The standard InChI is InChI=1S/C45H30S/c1-45(2)38-19-8-7-13-30(38)36-25-28(21-23-39(36)45)42-31-14-3-5-16-33(31)43(34-17-6-4-15-32(34)42)29-22-24-40-37(26-29)35-18-9-11-27-12-10-20-41(46-40)44(27)35/h3-26H,1-2H3. The Morgan fingerprint density at radius 1 is 0.413 bits per heavy atom. The molecule has 0 radical (unpaired) electrons. The molecule has 1 heterocycles. The SMILES string of the molecule is CC1(C)c2ccccc2-c2cc(-c3c4ccccc4c(-c4ccc5c(c4)-c4cccc6cccc(c46)S5)c4ccccc34)ccc21. The largest absolute Gasteiger partial charge is 0.0888 e. The number of hydrogen-bond acceptors (Lipinski definition) is 1. The molecule has 0 N–H and O–H groups in total. The van der Waals surface area contributed by atoms with Crippen LogP contribution in [0.25, 0.3) is 76.8 Å². The van der Waals surface area contributed by atoms with E-state index >= 15 is 0 Å². The van der Waals surface area contributed by atoms with Crippen molar-refractivity contribution in [2.24, 2.45) is 0 Å². The smallest absolute Gasteiger partial charge is 0.0207 e. The fourth-order valence-electron chi connectivity index (χ4n) is 8.35. The Kier molecular flexibility index (Phi) is 5.37. The monoisotopic (exact) mass is 602 g/mol. The van der Waals surface area contributed by atoms with E-state index in [9.17, 15) is 0 Å². The Balaban J connectivity index is 1.24. The van der Waals surface area contributed by atoms with E-state index in [1.165, 1.54) is 97.7 Å². The van der Waals surface area contributed by atoms with Crippen molar-refractivity contribution >= 4 is 44.1 Å². The molecule has 0 fully saturated rings. The summed E-state index contributed by atoms with van der Waals surface area (Å²) in [6, 6.07) is 54.6. The molecule has 46 heavy (non-hydrogen) atoms. The molecule has 1 aliphatic heterocycles. The van der Waals surface area contributed by atoms with Crippen molar-refractivity contribution in [2.75, 3.05) is 0 Å². The molecule has 1 aliphatic carbocycles. The van der Waals surface area contributed by atoms with Crippen LogP contribution in [0.3, 0.4) is 0 Å². The van der Waals surface area contributed by atoms with E-state index < -0.39 is 0 Å². The second-order valence-electron chi connectivity index (χ2n) is 13.2. The summed E-state index contributed by atoms with van der Waals surface area (Å²) >= 11 is 1.89. The van der Waals surface area contributed by atoms with Crippen LogP contribution in [0, 0.1) is 0 Å². The van der Waals surface area contributed by atoms with Gasteiger partial charge in [-0.1, -0.05) is 147 Å². The molecule has 0 bridgehead atoms. The Labute approximate surface area is 273 Å². The van der Waals surface area contributed by atoms with Gasteiger partial charge in [0, 0.05) is 20.6 Å². The highest BCUT2D eigenvalue weighted by molar-refractivity contribution is 7.99. The van der Waals surface area contributed by atoms with E-state index in [0.717, 1.165) is 0 Å². The van der Waals surface area contributed by atoms with Crippen LogP contribution in [0.2, 0.25) is 0 Å². The van der Waals surface area contributed by atoms with Crippen LogP contribution >= 0.6 is 11.8 Å². The number of fused-ring (bicyclic) bond motifs is 7. The zero-order chi connectivity index (χ0) is 30.6. The molecule has 8 aromatic carbocycles. The normalized spacial score (nSPS) is 14.0. The van der Waals surface area contributed by atoms with Gasteiger partial charge in [-0.05, 0) is 107 Å². The molecule has 0 unspecified atom stereocenters. The zero-order valence-electron chi connectivity index (χ0n) is 25.8. The number of rotatable bonds is 2. The second kappa shape index (κ2) is 9.45. The van der Waals surface area contributed by atoms with Crippen molar-refractivity contribution in [1.82, 2.24) is 0 Å². The van der Waals surface area contributed by atoms with Crippen molar-refractivity contribution in [2.45, 2.75) is 29.1 Å². The van der Waals surface area contributed by atoms with Gasteiger partial charge < -0.3 is 0 Å². The predicted molar refractivity (Wildman–Crippen MR) is 197 cm³/mol. The Morgan fingerprint density at radius 3 is 1.65 bits per heavy atom. The van der Waals surface area contributed by atoms with Crippen LogP contribution in [0.15, 0.2) is 155 Å². The molecule has 8 aromatic rings. The van der Waals surface area contributed by atoms with Crippen LogP contribution in [0.5, 0.6) is 0 Å². The highest BCUT2D eigenvalue weighted by Gasteiger charge is 2.35. The van der Waals surface area contributed by atoms with Gasteiger partial charge in [-0.15, -0.1) is 0 Å². The second-order valence-corrected chi connectivity index (χ2v) is 14.3. The lowest BCUT2D eigenvalue weighted by Gasteiger charge is -2.23. The first-order chi connectivity index (χ1) is 22.6. The lowest BCUT2D eigenvalue weighted by molar-refractivity contribution is 0.660. The topological polar surface area (TPSA) is 0 Å². The van der Waals surface area contributed by atoms with Gasteiger partial charge in [0.25, 0.3) is 0 Å². The minimum absolute atomic E-state index is 0.00593. The van der Waals surface area contributed by atoms with Crippen molar-refractivity contribution in [1.29, 1.82) is 0 Å². The van der Waals surface area contributed by atoms with E-state index in [1.807, 2.05) is 11.8 Å². The molecule has 0 atom stereocenters. The van der Waals surface area contributed by atoms with Crippen molar-refractivity contribution in [3.8, 4) is 44.5 Å². The van der Waals surface area contributed by atoms with E-state index in [2.05, 4.69) is 159 Å². The molecule has 2 aliphatic rings. The first-order valence-corrected chi connectivity index (χ1v) is 16.9. The molecular weight excluding hydrogens is 573 g/mol. The summed E-state index contributed by atoms with van der Waals surface area (Å²) in [7, 11) is 0. The lowest BCUT2D eigenvalue weighted by Crippen LogP contribution is -2.14. The molecule has 0 aromatic heterocycles. The highest BCUT2D eigenvalue weighted by atomic mass is 32.2. The van der Waals surface area contributed by atoms with E-state index in [4.69, 9.17) is 0 Å². The highest BCUT2D eigenvalue weighted by Crippen LogP contribution is 2.53. The van der Waals surface area contributed by atoms with Crippen LogP contribution in [0.4, 0.5) is 0 Å². The Hall–Kier alpha value is -5.11. The summed E-state index contributed by atoms with van der Waals surface area (Å²) in [4.78, 5) is 2.66. The molecule has 0 saturated heterocycles. The molecule has 0 amide bonds. The van der Waals surface area contributed by atoms with Gasteiger partial charge in [0.1, 0.15) is 0 Å². The molecular formula is C45H30S. The quantitative estimate of drug-likeness (QED) is 0.177. The van der Waals surface area contributed by atoms with Crippen molar-refractivity contribution in [3.05, 3.63) is 157 Å². The molecule has 216 valence electrons.